The molecule has 4 aliphatic rings. The van der Waals surface area contributed by atoms with Crippen LogP contribution in [0.2, 0.25) is 0 Å². The number of aromatic nitrogens is 5. The lowest BCUT2D eigenvalue weighted by molar-refractivity contribution is -0.190. The molecule has 45 heavy (non-hydrogen) atoms. The van der Waals surface area contributed by atoms with Crippen LogP contribution >= 0.6 is 11.8 Å². The van der Waals surface area contributed by atoms with Crippen molar-refractivity contribution in [2.24, 2.45) is 0 Å². The van der Waals surface area contributed by atoms with Crippen LogP contribution in [-0.2, 0) is 16.1 Å². The summed E-state index contributed by atoms with van der Waals surface area (Å²) in [5, 5.41) is 11.6. The van der Waals surface area contributed by atoms with Crippen molar-refractivity contribution >= 4 is 34.9 Å². The molecule has 2 unspecified atom stereocenters. The minimum absolute atomic E-state index is 0.0826. The van der Waals surface area contributed by atoms with Gasteiger partial charge in [-0.05, 0) is 43.4 Å². The molecular weight excluding hydrogens is 606 g/mol. The number of alkyl halides is 2. The molecule has 4 saturated heterocycles. The molecule has 4 aromatic rings. The monoisotopic (exact) mass is 638 g/mol. The Bertz CT molecular complexity index is 1710. The van der Waals surface area contributed by atoms with Gasteiger partial charge in [0.05, 0.1) is 24.1 Å². The highest BCUT2D eigenvalue weighted by Gasteiger charge is 2.41. The van der Waals surface area contributed by atoms with Gasteiger partial charge in [-0.25, -0.2) is 9.50 Å². The number of benzene rings is 1. The number of nitrogens with zero attached hydrogens (tertiary/aromatic N) is 7. The molecule has 12 nitrogen and oxygen atoms in total. The zero-order chi connectivity index (χ0) is 31.1. The molecule has 0 spiro atoms. The first kappa shape index (κ1) is 29.6. The van der Waals surface area contributed by atoms with E-state index in [2.05, 4.69) is 25.4 Å². The van der Waals surface area contributed by atoms with Crippen molar-refractivity contribution in [2.75, 3.05) is 37.8 Å². The molecule has 4 fully saturated rings. The molecule has 0 aliphatic carbocycles. The van der Waals surface area contributed by atoms with Gasteiger partial charge in [-0.3, -0.25) is 19.2 Å². The van der Waals surface area contributed by atoms with Crippen LogP contribution in [0.1, 0.15) is 29.6 Å². The van der Waals surface area contributed by atoms with Crippen LogP contribution in [0.15, 0.2) is 53.9 Å². The number of halogens is 2. The lowest BCUT2D eigenvalue weighted by atomic mass is 9.94. The Morgan fingerprint density at radius 3 is 2.71 bits per heavy atom. The third-order valence-electron chi connectivity index (χ3n) is 8.61. The van der Waals surface area contributed by atoms with Crippen molar-refractivity contribution in [3.05, 3.63) is 54.6 Å². The first-order valence-electron chi connectivity index (χ1n) is 14.8. The number of rotatable bonds is 9. The fraction of sp³-hybridized carbons (Fsp3) is 0.433. The number of amides is 2. The topological polar surface area (TPSA) is 119 Å². The maximum Gasteiger partial charge on any atom is 0.387 e. The van der Waals surface area contributed by atoms with Gasteiger partial charge in [-0.15, -0.1) is 11.8 Å². The van der Waals surface area contributed by atoms with E-state index in [0.717, 1.165) is 37.2 Å². The number of morpholine rings is 1. The van der Waals surface area contributed by atoms with E-state index in [1.165, 1.54) is 39.4 Å². The van der Waals surface area contributed by atoms with Crippen molar-refractivity contribution in [3.63, 3.8) is 0 Å². The maximum absolute atomic E-state index is 13.4. The first-order valence-corrected chi connectivity index (χ1v) is 16.0. The standard InChI is InChI=1S/C30H32F2N8O4S/c1-45-21-3-4-25(44-30(31)32)22(12-21)27-24(35-29(42)23-13-34-40-8-2-7-33-28(23)40)16-39(36-27)17-26(41)37-9-5-18(6-10-37)38-14-19-11-20(15-38)43-19/h2-4,7-8,12-13,16,18-20,30H,5-6,9-11,14-15,17H2,1H3,(H,35,42). The second kappa shape index (κ2) is 12.4. The number of carbonyl (C=O) groups is 2. The van der Waals surface area contributed by atoms with E-state index in [1.807, 2.05) is 11.2 Å². The van der Waals surface area contributed by atoms with Gasteiger partial charge < -0.3 is 19.7 Å². The Hall–Kier alpha value is -4.08. The summed E-state index contributed by atoms with van der Waals surface area (Å²) in [5.41, 5.74) is 1.24. The molecule has 7 heterocycles. The van der Waals surface area contributed by atoms with Crippen molar-refractivity contribution in [2.45, 2.75) is 55.6 Å². The summed E-state index contributed by atoms with van der Waals surface area (Å²) in [5.74, 6) is -0.731. The number of likely N-dealkylation sites (tertiary alicyclic amines) is 1. The lowest BCUT2D eigenvalue weighted by Crippen LogP contribution is -2.61. The molecular formula is C30H32F2N8O4S. The second-order valence-corrected chi connectivity index (χ2v) is 12.3. The number of carbonyl (C=O) groups excluding carboxylic acids is 2. The molecule has 4 aliphatic heterocycles. The van der Waals surface area contributed by atoms with Crippen LogP contribution in [-0.4, -0.2) is 103 Å². The van der Waals surface area contributed by atoms with Gasteiger partial charge in [0.15, 0.2) is 5.65 Å². The average Bonchev–Trinajstić information content (AvgIpc) is 3.65. The highest BCUT2D eigenvalue weighted by Crippen LogP contribution is 2.38. The van der Waals surface area contributed by atoms with Gasteiger partial charge in [-0.1, -0.05) is 0 Å². The minimum Gasteiger partial charge on any atom is -0.434 e. The number of piperidine rings is 2. The lowest BCUT2D eigenvalue weighted by Gasteiger charge is -2.51. The Kier molecular flexibility index (Phi) is 8.14. The molecule has 1 aromatic carbocycles. The van der Waals surface area contributed by atoms with Gasteiger partial charge in [0.2, 0.25) is 5.91 Å². The molecule has 2 bridgehead atoms. The molecule has 236 valence electrons. The van der Waals surface area contributed by atoms with E-state index < -0.39 is 12.5 Å². The number of ether oxygens (including phenoxy) is 2. The van der Waals surface area contributed by atoms with Crippen molar-refractivity contribution < 1.29 is 27.8 Å². The molecule has 15 heteroatoms. The summed E-state index contributed by atoms with van der Waals surface area (Å²) in [6, 6.07) is 6.91. The highest BCUT2D eigenvalue weighted by atomic mass is 32.2. The van der Waals surface area contributed by atoms with Crippen LogP contribution in [0.3, 0.4) is 0 Å². The first-order chi connectivity index (χ1) is 21.8. The van der Waals surface area contributed by atoms with E-state index in [4.69, 9.17) is 9.47 Å². The normalized spacial score (nSPS) is 20.4. The zero-order valence-electron chi connectivity index (χ0n) is 24.5. The van der Waals surface area contributed by atoms with E-state index in [0.29, 0.717) is 37.0 Å². The van der Waals surface area contributed by atoms with Crippen LogP contribution in [0.25, 0.3) is 16.9 Å². The third-order valence-corrected chi connectivity index (χ3v) is 9.33. The predicted molar refractivity (Wildman–Crippen MR) is 161 cm³/mol. The fourth-order valence-corrected chi connectivity index (χ4v) is 6.83. The number of fused-ring (bicyclic) bond motifs is 3. The third kappa shape index (κ3) is 6.11. The second-order valence-electron chi connectivity index (χ2n) is 11.4. The Labute approximate surface area is 261 Å². The number of thioether (sulfide) groups is 1. The van der Waals surface area contributed by atoms with E-state index in [9.17, 15) is 18.4 Å². The number of nitrogens with one attached hydrogen (secondary N) is 1. The quantitative estimate of drug-likeness (QED) is 0.274. The fourth-order valence-electron chi connectivity index (χ4n) is 6.39. The van der Waals surface area contributed by atoms with E-state index >= 15 is 0 Å². The zero-order valence-corrected chi connectivity index (χ0v) is 25.3. The minimum atomic E-state index is -3.07. The molecule has 2 amide bonds. The molecule has 1 N–H and O–H groups in total. The van der Waals surface area contributed by atoms with Crippen LogP contribution in [0, 0.1) is 0 Å². The van der Waals surface area contributed by atoms with Crippen molar-refractivity contribution in [3.8, 4) is 17.0 Å². The number of hydrogen-bond donors (Lipinski definition) is 1. The summed E-state index contributed by atoms with van der Waals surface area (Å²) in [6.07, 6.45) is 11.6. The Balaban J connectivity index is 1.13. The Morgan fingerprint density at radius 2 is 1.98 bits per heavy atom. The summed E-state index contributed by atoms with van der Waals surface area (Å²) in [4.78, 5) is 36.2. The number of hydrogen-bond acceptors (Lipinski definition) is 9. The molecule has 0 radical (unpaired) electrons. The summed E-state index contributed by atoms with van der Waals surface area (Å²) < 4.78 is 40.3. The summed E-state index contributed by atoms with van der Waals surface area (Å²) >= 11 is 1.42. The average molecular weight is 639 g/mol. The Morgan fingerprint density at radius 1 is 1.20 bits per heavy atom. The largest absolute Gasteiger partial charge is 0.434 e. The van der Waals surface area contributed by atoms with Gasteiger partial charge in [0.25, 0.3) is 5.91 Å². The van der Waals surface area contributed by atoms with Gasteiger partial charge in [0, 0.05) is 67.7 Å². The van der Waals surface area contributed by atoms with Crippen molar-refractivity contribution in [1.29, 1.82) is 0 Å². The van der Waals surface area contributed by atoms with E-state index in [-0.39, 0.29) is 40.7 Å². The van der Waals surface area contributed by atoms with Crippen LogP contribution in [0.4, 0.5) is 14.5 Å². The molecule has 3 aromatic heterocycles. The highest BCUT2D eigenvalue weighted by molar-refractivity contribution is 7.98. The van der Waals surface area contributed by atoms with Crippen LogP contribution in [0.5, 0.6) is 5.75 Å². The molecule has 0 saturated carbocycles. The molecule has 2 atom stereocenters. The van der Waals surface area contributed by atoms with Crippen molar-refractivity contribution in [1.82, 2.24) is 34.2 Å². The SMILES string of the molecule is CSc1ccc(OC(F)F)c(-c2nn(CC(=O)N3CCC(N4CC5CC(C4)O5)CC3)cc2NC(=O)c2cnn3cccnc23)c1. The molecule has 8 rings (SSSR count). The van der Waals surface area contributed by atoms with Crippen LogP contribution < -0.4 is 10.1 Å². The summed E-state index contributed by atoms with van der Waals surface area (Å²) in [6.45, 7) is 0.0395. The van der Waals surface area contributed by atoms with Gasteiger partial charge >= 0.3 is 6.61 Å². The smallest absolute Gasteiger partial charge is 0.387 e. The predicted octanol–water partition coefficient (Wildman–Crippen LogP) is 3.63. The number of anilines is 1. The van der Waals surface area contributed by atoms with Gasteiger partial charge in [0.1, 0.15) is 23.6 Å². The van der Waals surface area contributed by atoms with Gasteiger partial charge in [-0.2, -0.15) is 19.0 Å². The maximum atomic E-state index is 13.4. The summed E-state index contributed by atoms with van der Waals surface area (Å²) in [7, 11) is 0. The van der Waals surface area contributed by atoms with E-state index in [1.54, 1.807) is 30.6 Å².